The van der Waals surface area contributed by atoms with Gasteiger partial charge < -0.3 is 5.11 Å². The molecule has 0 unspecified atom stereocenters. The predicted molar refractivity (Wildman–Crippen MR) is 56.8 cm³/mol. The van der Waals surface area contributed by atoms with Crippen molar-refractivity contribution in [2.24, 2.45) is 11.7 Å². The zero-order chi connectivity index (χ0) is 11.4. The largest absolute Gasteiger partial charge is 0.392 e. The van der Waals surface area contributed by atoms with Gasteiger partial charge in [0.15, 0.2) is 0 Å². The van der Waals surface area contributed by atoms with E-state index in [1.165, 1.54) is 0 Å². The van der Waals surface area contributed by atoms with Crippen LogP contribution in [0.5, 0.6) is 0 Å². The Bertz CT molecular complexity index is 372. The first-order chi connectivity index (χ1) is 7.11. The van der Waals surface area contributed by atoms with E-state index in [-0.39, 0.29) is 6.61 Å². The molecule has 0 saturated heterocycles. The molecule has 7 heteroatoms. The van der Waals surface area contributed by atoms with Gasteiger partial charge in [0.2, 0.25) is 0 Å². The highest BCUT2D eigenvalue weighted by molar-refractivity contribution is 6.31. The van der Waals surface area contributed by atoms with Gasteiger partial charge in [0.05, 0.1) is 12.3 Å². The number of amides is 2. The second-order valence-corrected chi connectivity index (χ2v) is 3.12. The lowest BCUT2D eigenvalue weighted by atomic mass is 10.2. The van der Waals surface area contributed by atoms with E-state index in [2.05, 4.69) is 0 Å². The van der Waals surface area contributed by atoms with E-state index in [0.29, 0.717) is 16.3 Å². The van der Waals surface area contributed by atoms with E-state index >= 15 is 0 Å². The van der Waals surface area contributed by atoms with Gasteiger partial charge in [-0.05, 0) is 12.1 Å². The average Bonchev–Trinajstić information content (AvgIpc) is 2.26. The Morgan fingerprint density at radius 1 is 1.60 bits per heavy atom. The van der Waals surface area contributed by atoms with Gasteiger partial charge in [-0.25, -0.2) is 21.5 Å². The number of benzene rings is 1. The van der Waals surface area contributed by atoms with Gasteiger partial charge >= 0.3 is 6.03 Å². The number of nitrogens with zero attached hydrogens (tertiary/aromatic N) is 1. The van der Waals surface area contributed by atoms with Gasteiger partial charge in [0.25, 0.3) is 0 Å². The number of anilines is 1. The molecule has 0 saturated carbocycles. The number of hydrazine groups is 2. The summed E-state index contributed by atoms with van der Waals surface area (Å²) in [6.45, 7) is -0.319. The maximum absolute atomic E-state index is 11.1. The second-order valence-electron chi connectivity index (χ2n) is 2.72. The highest BCUT2D eigenvalue weighted by atomic mass is 35.5. The lowest BCUT2D eigenvalue weighted by Gasteiger charge is -2.19. The van der Waals surface area contributed by atoms with Crippen molar-refractivity contribution in [1.82, 2.24) is 5.43 Å². The lowest BCUT2D eigenvalue weighted by Crippen LogP contribution is -2.48. The molecule has 0 aliphatic rings. The minimum atomic E-state index is -0.702. The van der Waals surface area contributed by atoms with Crippen molar-refractivity contribution >= 4 is 23.3 Å². The monoisotopic (exact) mass is 230 g/mol. The molecule has 0 bridgehead atoms. The first kappa shape index (κ1) is 11.7. The third kappa shape index (κ3) is 2.37. The van der Waals surface area contributed by atoms with Crippen LogP contribution in [-0.2, 0) is 6.61 Å². The number of halogens is 1. The van der Waals surface area contributed by atoms with Crippen LogP contribution in [0.25, 0.3) is 0 Å². The van der Waals surface area contributed by atoms with E-state index in [4.69, 9.17) is 28.4 Å². The Balaban J connectivity index is 3.13. The minimum Gasteiger partial charge on any atom is -0.392 e. The molecule has 0 radical (unpaired) electrons. The molecule has 1 aromatic rings. The molecule has 0 atom stereocenters. The zero-order valence-electron chi connectivity index (χ0n) is 7.77. The van der Waals surface area contributed by atoms with Crippen molar-refractivity contribution in [3.8, 4) is 0 Å². The lowest BCUT2D eigenvalue weighted by molar-refractivity contribution is 0.246. The van der Waals surface area contributed by atoms with Crippen molar-refractivity contribution < 1.29 is 9.90 Å². The maximum Gasteiger partial charge on any atom is 0.350 e. The normalized spacial score (nSPS) is 9.87. The third-order valence-electron chi connectivity index (χ3n) is 1.85. The molecule has 1 rings (SSSR count). The van der Waals surface area contributed by atoms with Crippen LogP contribution in [0.2, 0.25) is 5.02 Å². The quantitative estimate of drug-likeness (QED) is 0.328. The van der Waals surface area contributed by atoms with E-state index in [1.807, 2.05) is 5.43 Å². The molecule has 6 N–H and O–H groups in total. The summed E-state index contributed by atoms with van der Waals surface area (Å²) >= 11 is 5.82. The Morgan fingerprint density at radius 2 is 2.27 bits per heavy atom. The van der Waals surface area contributed by atoms with Crippen molar-refractivity contribution in [3.05, 3.63) is 28.8 Å². The number of urea groups is 1. The first-order valence-electron chi connectivity index (χ1n) is 4.05. The van der Waals surface area contributed by atoms with E-state index in [0.717, 1.165) is 5.01 Å². The van der Waals surface area contributed by atoms with Crippen LogP contribution in [0.1, 0.15) is 5.56 Å². The molecule has 82 valence electrons. The van der Waals surface area contributed by atoms with Gasteiger partial charge in [-0.2, -0.15) is 0 Å². The molecule has 1 aromatic carbocycles. The highest BCUT2D eigenvalue weighted by Gasteiger charge is 2.15. The Labute approximate surface area is 91.4 Å². The molecular weight excluding hydrogens is 220 g/mol. The smallest absolute Gasteiger partial charge is 0.350 e. The second kappa shape index (κ2) is 4.94. The molecule has 0 aliphatic heterocycles. The number of carbonyl (C=O) groups excluding carboxylic acids is 1. The predicted octanol–water partition coefficient (Wildman–Crippen LogP) is 0.0957. The molecule has 2 amide bonds. The molecular formula is C8H11ClN4O2. The fourth-order valence-corrected chi connectivity index (χ4v) is 1.34. The fourth-order valence-electron chi connectivity index (χ4n) is 1.11. The number of aliphatic hydroxyl groups is 1. The summed E-state index contributed by atoms with van der Waals surface area (Å²) in [5, 5.41) is 10.2. The van der Waals surface area contributed by atoms with Crippen molar-refractivity contribution in [1.29, 1.82) is 0 Å². The van der Waals surface area contributed by atoms with Crippen LogP contribution in [-0.4, -0.2) is 11.1 Å². The van der Waals surface area contributed by atoms with Crippen LogP contribution in [0.3, 0.4) is 0 Å². The highest BCUT2D eigenvalue weighted by Crippen LogP contribution is 2.25. The van der Waals surface area contributed by atoms with Crippen molar-refractivity contribution in [2.75, 3.05) is 5.01 Å². The van der Waals surface area contributed by atoms with Crippen molar-refractivity contribution in [2.45, 2.75) is 6.61 Å². The Kier molecular flexibility index (Phi) is 3.87. The topological polar surface area (TPSA) is 105 Å². The molecule has 0 fully saturated rings. The maximum atomic E-state index is 11.1. The van der Waals surface area contributed by atoms with Gasteiger partial charge in [-0.1, -0.05) is 17.7 Å². The molecule has 15 heavy (non-hydrogen) atoms. The van der Waals surface area contributed by atoms with E-state index in [1.54, 1.807) is 18.2 Å². The molecule has 0 aromatic heterocycles. The summed E-state index contributed by atoms with van der Waals surface area (Å²) < 4.78 is 0. The first-order valence-corrected chi connectivity index (χ1v) is 4.43. The standard InChI is InChI=1S/C8H11ClN4O2/c9-6-2-1-3-7(5(6)4-14)13(11)8(15)12-10/h1-3,14H,4,10-11H2,(H,12,15). The van der Waals surface area contributed by atoms with Crippen LogP contribution < -0.4 is 22.1 Å². The van der Waals surface area contributed by atoms with Crippen LogP contribution in [0.15, 0.2) is 18.2 Å². The van der Waals surface area contributed by atoms with Crippen LogP contribution in [0.4, 0.5) is 10.5 Å². The Hall–Kier alpha value is -1.34. The third-order valence-corrected chi connectivity index (χ3v) is 2.21. The van der Waals surface area contributed by atoms with Gasteiger partial charge in [-0.3, -0.25) is 5.43 Å². The van der Waals surface area contributed by atoms with E-state index in [9.17, 15) is 4.79 Å². The average molecular weight is 231 g/mol. The number of hydrogen-bond acceptors (Lipinski definition) is 4. The van der Waals surface area contributed by atoms with Crippen LogP contribution in [0, 0.1) is 0 Å². The van der Waals surface area contributed by atoms with Gasteiger partial charge in [0.1, 0.15) is 0 Å². The van der Waals surface area contributed by atoms with Crippen LogP contribution >= 0.6 is 11.6 Å². The number of nitrogens with two attached hydrogens (primary N) is 2. The number of hydrogen-bond donors (Lipinski definition) is 4. The SMILES string of the molecule is NNC(=O)N(N)c1cccc(Cl)c1CO. The summed E-state index contributed by atoms with van der Waals surface area (Å²) in [6.07, 6.45) is 0. The molecule has 0 spiro atoms. The zero-order valence-corrected chi connectivity index (χ0v) is 8.53. The molecule has 0 heterocycles. The summed E-state index contributed by atoms with van der Waals surface area (Å²) in [5.74, 6) is 10.4. The number of carbonyl (C=O) groups is 1. The summed E-state index contributed by atoms with van der Waals surface area (Å²) in [5.41, 5.74) is 2.54. The summed E-state index contributed by atoms with van der Waals surface area (Å²) in [6, 6.07) is 4.05. The van der Waals surface area contributed by atoms with E-state index < -0.39 is 6.03 Å². The van der Waals surface area contributed by atoms with Gasteiger partial charge in [-0.15, -0.1) is 0 Å². The summed E-state index contributed by atoms with van der Waals surface area (Å²) in [7, 11) is 0. The molecule has 6 nitrogen and oxygen atoms in total. The summed E-state index contributed by atoms with van der Waals surface area (Å²) in [4.78, 5) is 11.1. The van der Waals surface area contributed by atoms with Crippen molar-refractivity contribution in [3.63, 3.8) is 0 Å². The van der Waals surface area contributed by atoms with Gasteiger partial charge in [0, 0.05) is 10.6 Å². The number of rotatable bonds is 2. The number of nitrogens with one attached hydrogen (secondary N) is 1. The minimum absolute atomic E-state index is 0.299. The molecule has 0 aliphatic carbocycles. The fraction of sp³-hybridized carbons (Fsp3) is 0.125. The Morgan fingerprint density at radius 3 is 2.80 bits per heavy atom. The number of aliphatic hydroxyl groups excluding tert-OH is 1.